The topological polar surface area (TPSA) is 52.5 Å². The van der Waals surface area contributed by atoms with Crippen LogP contribution in [0.5, 0.6) is 0 Å². The Morgan fingerprint density at radius 3 is 2.44 bits per heavy atom. The average molecular weight is 425 g/mol. The van der Waals surface area contributed by atoms with Crippen molar-refractivity contribution in [2.24, 2.45) is 0 Å². The molecule has 0 bridgehead atoms. The van der Waals surface area contributed by atoms with Crippen molar-refractivity contribution in [2.45, 2.75) is 19.3 Å². The number of alkyl halides is 2. The molecule has 7 heteroatoms. The van der Waals surface area contributed by atoms with Crippen LogP contribution in [0.1, 0.15) is 29.8 Å². The second-order valence-corrected chi connectivity index (χ2v) is 6.97. The van der Waals surface area contributed by atoms with Gasteiger partial charge >= 0.3 is 0 Å². The van der Waals surface area contributed by atoms with Crippen LogP contribution < -0.4 is 0 Å². The number of nitrogens with zero attached hydrogens (tertiary/aromatic N) is 2. The average Bonchev–Trinajstić information content (AvgIpc) is 3.05. The summed E-state index contributed by atoms with van der Waals surface area (Å²) in [4.78, 5) is 7.61. The zero-order chi connectivity index (χ0) is 19.8. The summed E-state index contributed by atoms with van der Waals surface area (Å²) in [6.07, 6.45) is 0.825. The molecule has 0 fully saturated rings. The van der Waals surface area contributed by atoms with E-state index in [9.17, 15) is 4.39 Å². The Labute approximate surface area is 172 Å². The molecule has 1 N–H and O–H groups in total. The molecular weight excluding hydrogens is 408 g/mol. The highest BCUT2D eigenvalue weighted by Gasteiger charge is 2.17. The van der Waals surface area contributed by atoms with E-state index in [0.29, 0.717) is 16.4 Å². The minimum absolute atomic E-state index is 0.00285. The van der Waals surface area contributed by atoms with Gasteiger partial charge in [-0.05, 0) is 24.1 Å². The van der Waals surface area contributed by atoms with Crippen LogP contribution in [-0.2, 0) is 6.42 Å². The molecule has 0 aliphatic rings. The van der Waals surface area contributed by atoms with Crippen LogP contribution >= 0.6 is 34.8 Å². The maximum Gasteiger partial charge on any atom is 0.141 e. The summed E-state index contributed by atoms with van der Waals surface area (Å²) in [7, 11) is 0. The SMILES string of the molecule is C[C@@H](Cc1ccccc1)c1nc(-c2ccc(C#N)c(F)c2)c(Cl)[nH]1.ClCCl. The summed E-state index contributed by atoms with van der Waals surface area (Å²) in [5.41, 5.74) is 2.26. The number of hydrogen-bond donors (Lipinski definition) is 1. The molecule has 0 radical (unpaired) electrons. The molecule has 0 aliphatic carbocycles. The van der Waals surface area contributed by atoms with Crippen molar-refractivity contribution in [3.8, 4) is 17.3 Å². The highest BCUT2D eigenvalue weighted by molar-refractivity contribution is 6.40. The van der Waals surface area contributed by atoms with Gasteiger partial charge in [-0.2, -0.15) is 5.26 Å². The Morgan fingerprint density at radius 2 is 1.85 bits per heavy atom. The highest BCUT2D eigenvalue weighted by Crippen LogP contribution is 2.30. The van der Waals surface area contributed by atoms with Gasteiger partial charge in [0.15, 0.2) is 0 Å². The summed E-state index contributed by atoms with van der Waals surface area (Å²) >= 11 is 15.8. The van der Waals surface area contributed by atoms with Crippen molar-refractivity contribution in [1.29, 1.82) is 5.26 Å². The van der Waals surface area contributed by atoms with Gasteiger partial charge in [0.05, 0.1) is 10.9 Å². The van der Waals surface area contributed by atoms with Crippen LogP contribution in [0, 0.1) is 17.1 Å². The number of H-pyrrole nitrogens is 1. The Kier molecular flexibility index (Phi) is 8.12. The number of halogens is 4. The first-order valence-corrected chi connectivity index (χ1v) is 9.56. The first kappa shape index (κ1) is 21.2. The lowest BCUT2D eigenvalue weighted by Crippen LogP contribution is -2.00. The van der Waals surface area contributed by atoms with E-state index in [1.807, 2.05) is 18.2 Å². The Hall–Kier alpha value is -2.06. The number of nitrogens with one attached hydrogen (secondary N) is 1. The summed E-state index contributed by atoms with van der Waals surface area (Å²) in [6.45, 7) is 2.06. The second-order valence-electron chi connectivity index (χ2n) is 5.78. The standard InChI is InChI=1S/C19H15ClFN3.CH2Cl2/c1-12(9-13-5-3-2-4-6-13)19-23-17(18(20)24-19)14-7-8-15(11-22)16(21)10-14;2-1-3/h2-8,10,12H,9H2,1H3,(H,23,24);1H2/t12-;/m0./s1. The molecule has 3 aromatic rings. The molecule has 1 atom stereocenters. The van der Waals surface area contributed by atoms with Gasteiger partial charge in [0.1, 0.15) is 28.6 Å². The third kappa shape index (κ3) is 5.71. The van der Waals surface area contributed by atoms with Crippen molar-refractivity contribution in [3.63, 3.8) is 0 Å². The van der Waals surface area contributed by atoms with Crippen LogP contribution in [0.2, 0.25) is 5.15 Å². The first-order chi connectivity index (χ1) is 13.0. The monoisotopic (exact) mass is 423 g/mol. The van der Waals surface area contributed by atoms with Crippen LogP contribution in [-0.4, -0.2) is 15.3 Å². The van der Waals surface area contributed by atoms with E-state index in [2.05, 4.69) is 29.0 Å². The van der Waals surface area contributed by atoms with Gasteiger partial charge in [0, 0.05) is 11.5 Å². The molecule has 1 aromatic heterocycles. The number of aromatic nitrogens is 2. The van der Waals surface area contributed by atoms with Gasteiger partial charge < -0.3 is 4.98 Å². The van der Waals surface area contributed by atoms with E-state index in [1.165, 1.54) is 17.7 Å². The predicted octanol–water partition coefficient (Wildman–Crippen LogP) is 6.51. The fourth-order valence-corrected chi connectivity index (χ4v) is 2.86. The zero-order valence-corrected chi connectivity index (χ0v) is 16.8. The number of nitriles is 1. The third-order valence-electron chi connectivity index (χ3n) is 3.89. The summed E-state index contributed by atoms with van der Waals surface area (Å²) < 4.78 is 13.8. The fourth-order valence-electron chi connectivity index (χ4n) is 2.61. The number of hydrogen-bond acceptors (Lipinski definition) is 2. The van der Waals surface area contributed by atoms with E-state index >= 15 is 0 Å². The molecule has 0 aliphatic heterocycles. The lowest BCUT2D eigenvalue weighted by molar-refractivity contribution is 0.624. The van der Waals surface area contributed by atoms with Gasteiger partial charge in [-0.3, -0.25) is 0 Å². The van der Waals surface area contributed by atoms with Crippen molar-refractivity contribution in [2.75, 3.05) is 5.34 Å². The molecule has 3 nitrogen and oxygen atoms in total. The van der Waals surface area contributed by atoms with E-state index in [1.54, 1.807) is 12.1 Å². The van der Waals surface area contributed by atoms with E-state index in [-0.39, 0.29) is 16.8 Å². The fraction of sp³-hybridized carbons (Fsp3) is 0.200. The highest BCUT2D eigenvalue weighted by atomic mass is 35.5. The van der Waals surface area contributed by atoms with Crippen molar-refractivity contribution >= 4 is 34.8 Å². The maximum atomic E-state index is 13.8. The van der Waals surface area contributed by atoms with Crippen LogP contribution in [0.4, 0.5) is 4.39 Å². The smallest absolute Gasteiger partial charge is 0.141 e. The van der Waals surface area contributed by atoms with E-state index in [0.717, 1.165) is 12.2 Å². The molecule has 0 amide bonds. The molecule has 1 heterocycles. The third-order valence-corrected chi connectivity index (χ3v) is 4.17. The zero-order valence-electron chi connectivity index (χ0n) is 14.5. The van der Waals surface area contributed by atoms with Crippen molar-refractivity contribution in [3.05, 3.63) is 76.5 Å². The van der Waals surface area contributed by atoms with Gasteiger partial charge in [0.25, 0.3) is 0 Å². The molecule has 27 heavy (non-hydrogen) atoms. The molecule has 0 spiro atoms. The Morgan fingerprint density at radius 1 is 1.19 bits per heavy atom. The van der Waals surface area contributed by atoms with E-state index < -0.39 is 5.82 Å². The predicted molar refractivity (Wildman–Crippen MR) is 109 cm³/mol. The number of imidazole rings is 1. The number of rotatable bonds is 4. The molecular formula is C20H17Cl3FN3. The van der Waals surface area contributed by atoms with Crippen molar-refractivity contribution in [1.82, 2.24) is 9.97 Å². The molecule has 0 saturated heterocycles. The summed E-state index contributed by atoms with van der Waals surface area (Å²) in [6, 6.07) is 16.3. The molecule has 2 aromatic carbocycles. The Bertz CT molecular complexity index is 920. The second kappa shape index (κ2) is 10.3. The van der Waals surface area contributed by atoms with Crippen LogP contribution in [0.15, 0.2) is 48.5 Å². The van der Waals surface area contributed by atoms with E-state index in [4.69, 9.17) is 40.1 Å². The normalized spacial score (nSPS) is 11.3. The quantitative estimate of drug-likeness (QED) is 0.485. The lowest BCUT2D eigenvalue weighted by atomic mass is 10.0. The Balaban J connectivity index is 0.000000817. The number of benzene rings is 2. The molecule has 3 rings (SSSR count). The van der Waals surface area contributed by atoms with Crippen LogP contribution in [0.3, 0.4) is 0 Å². The first-order valence-electron chi connectivity index (χ1n) is 8.11. The molecule has 0 unspecified atom stereocenters. The largest absolute Gasteiger partial charge is 0.332 e. The summed E-state index contributed by atoms with van der Waals surface area (Å²) in [5.74, 6) is 0.318. The summed E-state index contributed by atoms with van der Waals surface area (Å²) in [5, 5.41) is 9.38. The minimum Gasteiger partial charge on any atom is -0.332 e. The van der Waals surface area contributed by atoms with Crippen LogP contribution in [0.25, 0.3) is 11.3 Å². The molecule has 0 saturated carbocycles. The van der Waals surface area contributed by atoms with Gasteiger partial charge in [-0.25, -0.2) is 9.37 Å². The van der Waals surface area contributed by atoms with Crippen molar-refractivity contribution < 1.29 is 4.39 Å². The minimum atomic E-state index is -0.576. The van der Waals surface area contributed by atoms with Gasteiger partial charge in [0.2, 0.25) is 0 Å². The van der Waals surface area contributed by atoms with Gasteiger partial charge in [-0.1, -0.05) is 54.9 Å². The lowest BCUT2D eigenvalue weighted by Gasteiger charge is -2.08. The molecule has 140 valence electrons. The number of aromatic amines is 1. The maximum absolute atomic E-state index is 13.8. The van der Waals surface area contributed by atoms with Gasteiger partial charge in [-0.15, -0.1) is 23.2 Å².